The molecule has 28 heavy (non-hydrogen) atoms. The van der Waals surface area contributed by atoms with Gasteiger partial charge in [0, 0.05) is 6.54 Å². The lowest BCUT2D eigenvalue weighted by atomic mass is 9.86. The van der Waals surface area contributed by atoms with E-state index < -0.39 is 0 Å². The number of hydrogen-bond donors (Lipinski definition) is 3. The first-order chi connectivity index (χ1) is 13.7. The molecule has 2 fully saturated rings. The van der Waals surface area contributed by atoms with Crippen LogP contribution >= 0.6 is 0 Å². The fourth-order valence-electron chi connectivity index (χ4n) is 4.04. The Morgan fingerprint density at radius 1 is 1.29 bits per heavy atom. The molecule has 1 saturated heterocycles. The van der Waals surface area contributed by atoms with E-state index in [1.165, 1.54) is 19.3 Å². The van der Waals surface area contributed by atoms with Crippen LogP contribution in [0.15, 0.2) is 24.3 Å². The molecule has 0 radical (unpaired) electrons. The fourth-order valence-corrected chi connectivity index (χ4v) is 4.04. The Labute approximate surface area is 165 Å². The van der Waals surface area contributed by atoms with Crippen LogP contribution in [0.1, 0.15) is 49.1 Å². The number of nitrogens with one attached hydrogen (secondary N) is 1. The minimum atomic E-state index is 0.107. The summed E-state index contributed by atoms with van der Waals surface area (Å²) < 4.78 is 6.04. The molecule has 6 heteroatoms. The molecule has 4 N–H and O–H groups in total. The Balaban J connectivity index is 1.74. The van der Waals surface area contributed by atoms with E-state index in [4.69, 9.17) is 10.5 Å². The van der Waals surface area contributed by atoms with Crippen molar-refractivity contribution in [3.8, 4) is 28.8 Å². The number of phenolic OH excluding ortho intramolecular Hbond substituents is 1. The van der Waals surface area contributed by atoms with Crippen molar-refractivity contribution in [1.82, 2.24) is 10.3 Å². The van der Waals surface area contributed by atoms with Gasteiger partial charge in [0.15, 0.2) is 0 Å². The van der Waals surface area contributed by atoms with Crippen molar-refractivity contribution in [2.45, 2.75) is 38.0 Å². The Bertz CT molecular complexity index is 896. The lowest BCUT2D eigenvalue weighted by Gasteiger charge is -2.26. The van der Waals surface area contributed by atoms with Gasteiger partial charge in [-0.15, -0.1) is 0 Å². The number of anilines is 1. The number of piperidine rings is 1. The minimum absolute atomic E-state index is 0.107. The van der Waals surface area contributed by atoms with Gasteiger partial charge in [-0.3, -0.25) is 0 Å². The third-order valence-corrected chi connectivity index (χ3v) is 5.89. The highest BCUT2D eigenvalue weighted by Crippen LogP contribution is 2.40. The van der Waals surface area contributed by atoms with Crippen molar-refractivity contribution in [3.63, 3.8) is 0 Å². The smallest absolute Gasteiger partial charge is 0.142 e. The van der Waals surface area contributed by atoms with Crippen molar-refractivity contribution >= 4 is 5.82 Å². The van der Waals surface area contributed by atoms with Gasteiger partial charge in [0.05, 0.1) is 23.4 Å². The number of hydrogen-bond acceptors (Lipinski definition) is 6. The SMILES string of the molecule is N#Cc1c(C2CCCNC2)cc(-c2c(O)cccc2OCC2CCC2)nc1N. The van der Waals surface area contributed by atoms with Gasteiger partial charge in [-0.25, -0.2) is 4.98 Å². The van der Waals surface area contributed by atoms with Gasteiger partial charge in [-0.05, 0) is 67.8 Å². The highest BCUT2D eigenvalue weighted by molar-refractivity contribution is 5.76. The van der Waals surface area contributed by atoms with E-state index in [9.17, 15) is 10.4 Å². The summed E-state index contributed by atoms with van der Waals surface area (Å²) in [5, 5.41) is 23.6. The molecule has 4 rings (SSSR count). The average molecular weight is 378 g/mol. The predicted octanol–water partition coefficient (Wildman–Crippen LogP) is 3.55. The van der Waals surface area contributed by atoms with E-state index in [0.717, 1.165) is 31.5 Å². The van der Waals surface area contributed by atoms with Gasteiger partial charge >= 0.3 is 0 Å². The average Bonchev–Trinajstić information content (AvgIpc) is 2.67. The molecular formula is C22H26N4O2. The largest absolute Gasteiger partial charge is 0.507 e. The third kappa shape index (κ3) is 3.63. The number of aromatic hydroxyl groups is 1. The number of nitrogens with two attached hydrogens (primary N) is 1. The maximum atomic E-state index is 10.6. The third-order valence-electron chi connectivity index (χ3n) is 5.89. The van der Waals surface area contributed by atoms with Gasteiger partial charge in [0.2, 0.25) is 0 Å². The zero-order valence-electron chi connectivity index (χ0n) is 15.9. The lowest BCUT2D eigenvalue weighted by molar-refractivity contribution is 0.181. The Morgan fingerprint density at radius 3 is 2.82 bits per heavy atom. The molecule has 0 spiro atoms. The molecule has 6 nitrogen and oxygen atoms in total. The first-order valence-corrected chi connectivity index (χ1v) is 10.0. The maximum absolute atomic E-state index is 10.6. The molecular weight excluding hydrogens is 352 g/mol. The summed E-state index contributed by atoms with van der Waals surface area (Å²) in [5.41, 5.74) is 8.58. The standard InChI is InChI=1S/C22H26N4O2/c23-11-17-16(15-6-3-9-25-12-15)10-18(26-22(17)24)21-19(27)7-2-8-20(21)28-13-14-4-1-5-14/h2,7-8,10,14-15,25,27H,1,3-6,9,12-13H2,(H2,24,26). The van der Waals surface area contributed by atoms with Crippen LogP contribution in [-0.4, -0.2) is 29.8 Å². The normalized spacial score (nSPS) is 19.6. The van der Waals surface area contributed by atoms with Crippen LogP contribution in [0.2, 0.25) is 0 Å². The summed E-state index contributed by atoms with van der Waals surface area (Å²) in [7, 11) is 0. The van der Waals surface area contributed by atoms with E-state index in [2.05, 4.69) is 16.4 Å². The number of nitrogen functional groups attached to an aromatic ring is 1. The van der Waals surface area contributed by atoms with E-state index >= 15 is 0 Å². The van der Waals surface area contributed by atoms with Crippen LogP contribution < -0.4 is 15.8 Å². The van der Waals surface area contributed by atoms with Gasteiger partial charge in [0.25, 0.3) is 0 Å². The van der Waals surface area contributed by atoms with E-state index in [1.807, 2.05) is 12.1 Å². The van der Waals surface area contributed by atoms with Gasteiger partial charge < -0.3 is 20.9 Å². The Morgan fingerprint density at radius 2 is 2.14 bits per heavy atom. The summed E-state index contributed by atoms with van der Waals surface area (Å²) in [5.74, 6) is 1.70. The zero-order valence-corrected chi connectivity index (χ0v) is 15.9. The summed E-state index contributed by atoms with van der Waals surface area (Å²) >= 11 is 0. The molecule has 1 aliphatic carbocycles. The van der Waals surface area contributed by atoms with Crippen molar-refractivity contribution in [2.24, 2.45) is 5.92 Å². The van der Waals surface area contributed by atoms with E-state index in [0.29, 0.717) is 35.1 Å². The molecule has 1 atom stereocenters. The molecule has 2 aromatic rings. The van der Waals surface area contributed by atoms with Crippen LogP contribution in [-0.2, 0) is 0 Å². The van der Waals surface area contributed by atoms with Gasteiger partial charge in [0.1, 0.15) is 23.4 Å². The number of nitriles is 1. The summed E-state index contributed by atoms with van der Waals surface area (Å²) in [6.07, 6.45) is 5.69. The summed E-state index contributed by atoms with van der Waals surface area (Å²) in [6, 6.07) is 9.37. The molecule has 1 aliphatic heterocycles. The van der Waals surface area contributed by atoms with Crippen molar-refractivity contribution in [3.05, 3.63) is 35.4 Å². The quantitative estimate of drug-likeness (QED) is 0.735. The summed E-state index contributed by atoms with van der Waals surface area (Å²) in [6.45, 7) is 2.44. The van der Waals surface area contributed by atoms with E-state index in [-0.39, 0.29) is 17.5 Å². The van der Waals surface area contributed by atoms with Crippen LogP contribution in [0.4, 0.5) is 5.82 Å². The molecule has 1 unspecified atom stereocenters. The Kier molecular flexibility index (Phi) is 5.36. The second kappa shape index (κ2) is 8.07. The second-order valence-electron chi connectivity index (χ2n) is 7.77. The van der Waals surface area contributed by atoms with Crippen LogP contribution in [0.5, 0.6) is 11.5 Å². The summed E-state index contributed by atoms with van der Waals surface area (Å²) in [4.78, 5) is 4.45. The number of aromatic nitrogens is 1. The molecule has 1 aromatic carbocycles. The molecule has 1 saturated carbocycles. The number of pyridine rings is 1. The number of ether oxygens (including phenoxy) is 1. The van der Waals surface area contributed by atoms with Crippen LogP contribution in [0, 0.1) is 17.2 Å². The van der Waals surface area contributed by atoms with Crippen molar-refractivity contribution in [2.75, 3.05) is 25.4 Å². The first-order valence-electron chi connectivity index (χ1n) is 10.0. The van der Waals surface area contributed by atoms with Crippen molar-refractivity contribution < 1.29 is 9.84 Å². The molecule has 0 amide bonds. The highest BCUT2D eigenvalue weighted by Gasteiger charge is 2.24. The second-order valence-corrected chi connectivity index (χ2v) is 7.77. The number of benzene rings is 1. The minimum Gasteiger partial charge on any atom is -0.507 e. The maximum Gasteiger partial charge on any atom is 0.142 e. The number of phenols is 1. The molecule has 2 aliphatic rings. The molecule has 146 valence electrons. The predicted molar refractivity (Wildman–Crippen MR) is 108 cm³/mol. The number of rotatable bonds is 5. The monoisotopic (exact) mass is 378 g/mol. The fraction of sp³-hybridized carbons (Fsp3) is 0.455. The van der Waals surface area contributed by atoms with E-state index in [1.54, 1.807) is 12.1 Å². The van der Waals surface area contributed by atoms with Crippen molar-refractivity contribution in [1.29, 1.82) is 5.26 Å². The van der Waals surface area contributed by atoms with Crippen LogP contribution in [0.3, 0.4) is 0 Å². The van der Waals surface area contributed by atoms with Gasteiger partial charge in [-0.2, -0.15) is 5.26 Å². The lowest BCUT2D eigenvalue weighted by Crippen LogP contribution is -2.29. The van der Waals surface area contributed by atoms with Crippen LogP contribution in [0.25, 0.3) is 11.3 Å². The first kappa shape index (κ1) is 18.6. The Hall–Kier alpha value is -2.78. The number of nitrogens with zero attached hydrogens (tertiary/aromatic N) is 2. The van der Waals surface area contributed by atoms with Gasteiger partial charge in [-0.1, -0.05) is 12.5 Å². The zero-order chi connectivity index (χ0) is 19.5. The highest BCUT2D eigenvalue weighted by atomic mass is 16.5. The molecule has 0 bridgehead atoms. The topological polar surface area (TPSA) is 104 Å². The molecule has 2 heterocycles. The molecule has 1 aromatic heterocycles.